The van der Waals surface area contributed by atoms with E-state index in [1.807, 2.05) is 10.1 Å². The topological polar surface area (TPSA) is 24.9 Å². The van der Waals surface area contributed by atoms with Crippen LogP contribution in [-0.2, 0) is 9.98 Å². The highest BCUT2D eigenvalue weighted by Gasteiger charge is 2.43. The molecule has 4 nitrogen and oxygen atoms in total. The molecule has 0 atom stereocenters. The average Bonchev–Trinajstić information content (AvgIpc) is 2.67. The highest BCUT2D eigenvalue weighted by atomic mass is 17.3. The fourth-order valence-electron chi connectivity index (χ4n) is 3.02. The molecule has 4 heteroatoms. The van der Waals surface area contributed by atoms with E-state index in [9.17, 15) is 0 Å². The normalized spacial score (nSPS) is 29.6. The van der Waals surface area contributed by atoms with E-state index in [2.05, 4.69) is 27.7 Å². The van der Waals surface area contributed by atoms with E-state index < -0.39 is 0 Å². The van der Waals surface area contributed by atoms with Gasteiger partial charge < -0.3 is 0 Å². The van der Waals surface area contributed by atoms with Gasteiger partial charge in [-0.25, -0.2) is 0 Å². The van der Waals surface area contributed by atoms with Gasteiger partial charge in [-0.05, 0) is 59.8 Å². The molecule has 2 aliphatic rings. The Morgan fingerprint density at radius 3 is 1.82 bits per heavy atom. The first-order chi connectivity index (χ1) is 7.92. The van der Waals surface area contributed by atoms with E-state index in [0.717, 1.165) is 25.9 Å². The molecule has 0 aliphatic carbocycles. The van der Waals surface area contributed by atoms with Crippen LogP contribution in [-0.4, -0.2) is 34.3 Å². The number of hydrogen-bond acceptors (Lipinski definition) is 4. The van der Waals surface area contributed by atoms with Crippen LogP contribution in [0.5, 0.6) is 0 Å². The zero-order valence-corrected chi connectivity index (χ0v) is 11.7. The SMILES string of the molecule is CC1(C)CCCC(C)(C)N1OON1CCCC1. The molecule has 0 bridgehead atoms. The molecular formula is C13H26N2O2. The van der Waals surface area contributed by atoms with Crippen molar-refractivity contribution in [2.24, 2.45) is 0 Å². The first-order valence-electron chi connectivity index (χ1n) is 6.82. The van der Waals surface area contributed by atoms with E-state index in [4.69, 9.17) is 9.98 Å². The quantitative estimate of drug-likeness (QED) is 0.561. The van der Waals surface area contributed by atoms with Gasteiger partial charge in [0.2, 0.25) is 0 Å². The molecule has 2 saturated heterocycles. The summed E-state index contributed by atoms with van der Waals surface area (Å²) >= 11 is 0. The van der Waals surface area contributed by atoms with Crippen molar-refractivity contribution in [3.8, 4) is 0 Å². The smallest absolute Gasteiger partial charge is 0.0443 e. The van der Waals surface area contributed by atoms with Crippen LogP contribution in [0, 0.1) is 0 Å². The zero-order chi connectivity index (χ0) is 12.5. The van der Waals surface area contributed by atoms with Crippen LogP contribution in [0.25, 0.3) is 0 Å². The number of piperidine rings is 1. The summed E-state index contributed by atoms with van der Waals surface area (Å²) in [7, 11) is 0. The molecule has 0 radical (unpaired) electrons. The van der Waals surface area contributed by atoms with Crippen LogP contribution in [0.1, 0.15) is 59.8 Å². The molecule has 0 saturated carbocycles. The average molecular weight is 242 g/mol. The highest BCUT2D eigenvalue weighted by molar-refractivity contribution is 4.92. The van der Waals surface area contributed by atoms with E-state index in [1.165, 1.54) is 19.3 Å². The second kappa shape index (κ2) is 4.84. The number of hydrogen-bond donors (Lipinski definition) is 0. The first kappa shape index (κ1) is 13.3. The molecule has 17 heavy (non-hydrogen) atoms. The van der Waals surface area contributed by atoms with Crippen LogP contribution >= 0.6 is 0 Å². The molecule has 0 aromatic rings. The third kappa shape index (κ3) is 2.99. The number of nitrogens with zero attached hydrogens (tertiary/aromatic N) is 2. The van der Waals surface area contributed by atoms with Gasteiger partial charge in [-0.1, -0.05) is 0 Å². The summed E-state index contributed by atoms with van der Waals surface area (Å²) in [5, 5.41) is 3.96. The third-order valence-corrected chi connectivity index (χ3v) is 3.96. The summed E-state index contributed by atoms with van der Waals surface area (Å²) in [6.07, 6.45) is 5.97. The lowest BCUT2D eigenvalue weighted by Gasteiger charge is -2.49. The van der Waals surface area contributed by atoms with Gasteiger partial charge in [-0.15, -0.1) is 15.0 Å². The minimum Gasteiger partial charge on any atom is -0.155 e. The van der Waals surface area contributed by atoms with E-state index >= 15 is 0 Å². The predicted octanol–water partition coefficient (Wildman–Crippen LogP) is 2.90. The molecule has 0 N–H and O–H groups in total. The van der Waals surface area contributed by atoms with Gasteiger partial charge in [0.25, 0.3) is 0 Å². The summed E-state index contributed by atoms with van der Waals surface area (Å²) in [4.78, 5) is 11.1. The number of rotatable bonds is 3. The molecule has 0 aromatic carbocycles. The van der Waals surface area contributed by atoms with Crippen molar-refractivity contribution in [3.63, 3.8) is 0 Å². The molecule has 100 valence electrons. The Hall–Kier alpha value is -0.160. The van der Waals surface area contributed by atoms with Crippen molar-refractivity contribution in [3.05, 3.63) is 0 Å². The second-order valence-corrected chi connectivity index (χ2v) is 6.56. The Morgan fingerprint density at radius 1 is 0.765 bits per heavy atom. The summed E-state index contributed by atoms with van der Waals surface area (Å²) in [6.45, 7) is 10.9. The largest absolute Gasteiger partial charge is 0.155 e. The van der Waals surface area contributed by atoms with Gasteiger partial charge in [0.05, 0.1) is 0 Å². The Balaban J connectivity index is 1.94. The van der Waals surface area contributed by atoms with Crippen LogP contribution < -0.4 is 0 Å². The minimum absolute atomic E-state index is 0.0431. The van der Waals surface area contributed by atoms with Crippen molar-refractivity contribution >= 4 is 0 Å². The molecule has 2 rings (SSSR count). The Labute approximate surface area is 105 Å². The van der Waals surface area contributed by atoms with Crippen LogP contribution in [0.2, 0.25) is 0 Å². The molecule has 2 heterocycles. The molecule has 2 aliphatic heterocycles. The van der Waals surface area contributed by atoms with Gasteiger partial charge in [0, 0.05) is 24.2 Å². The highest BCUT2D eigenvalue weighted by Crippen LogP contribution is 2.38. The fraction of sp³-hybridized carbons (Fsp3) is 1.00. The van der Waals surface area contributed by atoms with Crippen molar-refractivity contribution in [1.29, 1.82) is 0 Å². The van der Waals surface area contributed by atoms with Crippen molar-refractivity contribution in [1.82, 2.24) is 10.1 Å². The summed E-state index contributed by atoms with van der Waals surface area (Å²) in [6, 6.07) is 0. The van der Waals surface area contributed by atoms with E-state index in [1.54, 1.807) is 0 Å². The van der Waals surface area contributed by atoms with Gasteiger partial charge in [0.1, 0.15) is 0 Å². The fourth-order valence-corrected chi connectivity index (χ4v) is 3.02. The van der Waals surface area contributed by atoms with Crippen LogP contribution in [0.3, 0.4) is 0 Å². The maximum Gasteiger partial charge on any atom is 0.0443 e. The predicted molar refractivity (Wildman–Crippen MR) is 66.8 cm³/mol. The Bertz CT molecular complexity index is 244. The Morgan fingerprint density at radius 2 is 1.29 bits per heavy atom. The molecule has 0 amide bonds. The lowest BCUT2D eigenvalue weighted by atomic mass is 9.82. The van der Waals surface area contributed by atoms with Crippen LogP contribution in [0.15, 0.2) is 0 Å². The van der Waals surface area contributed by atoms with Crippen molar-refractivity contribution < 1.29 is 9.98 Å². The monoisotopic (exact) mass is 242 g/mol. The van der Waals surface area contributed by atoms with E-state index in [-0.39, 0.29) is 11.1 Å². The van der Waals surface area contributed by atoms with Crippen molar-refractivity contribution in [2.75, 3.05) is 13.1 Å². The molecule has 0 aromatic heterocycles. The van der Waals surface area contributed by atoms with Gasteiger partial charge in [0.15, 0.2) is 0 Å². The summed E-state index contributed by atoms with van der Waals surface area (Å²) in [5.41, 5.74) is 0.0863. The van der Waals surface area contributed by atoms with Crippen molar-refractivity contribution in [2.45, 2.75) is 70.9 Å². The number of hydroxylamine groups is 4. The molecule has 0 unspecified atom stereocenters. The second-order valence-electron chi connectivity index (χ2n) is 6.56. The Kier molecular flexibility index (Phi) is 3.78. The van der Waals surface area contributed by atoms with Gasteiger partial charge in [-0.3, -0.25) is 0 Å². The molecule has 2 fully saturated rings. The van der Waals surface area contributed by atoms with Gasteiger partial charge in [-0.2, -0.15) is 5.06 Å². The first-order valence-corrected chi connectivity index (χ1v) is 6.82. The summed E-state index contributed by atoms with van der Waals surface area (Å²) in [5.74, 6) is 0. The van der Waals surface area contributed by atoms with Crippen LogP contribution in [0.4, 0.5) is 0 Å². The zero-order valence-electron chi connectivity index (χ0n) is 11.7. The molecular weight excluding hydrogens is 216 g/mol. The molecule has 0 spiro atoms. The van der Waals surface area contributed by atoms with Gasteiger partial charge >= 0.3 is 0 Å². The standard InChI is InChI=1S/C13H26N2O2/c1-12(2)8-7-9-13(3,4)15(12)17-16-14-10-5-6-11-14/h5-11H2,1-4H3. The minimum atomic E-state index is 0.0431. The lowest BCUT2D eigenvalue weighted by Crippen LogP contribution is -2.58. The maximum absolute atomic E-state index is 5.66. The lowest BCUT2D eigenvalue weighted by molar-refractivity contribution is -0.544. The maximum atomic E-state index is 5.66. The summed E-state index contributed by atoms with van der Waals surface area (Å²) < 4.78 is 0. The third-order valence-electron chi connectivity index (χ3n) is 3.96. The van der Waals surface area contributed by atoms with E-state index in [0.29, 0.717) is 0 Å².